The third-order valence-electron chi connectivity index (χ3n) is 2.44. The van der Waals surface area contributed by atoms with Gasteiger partial charge in [0, 0.05) is 9.14 Å². The second-order valence-electron chi connectivity index (χ2n) is 3.84. The van der Waals surface area contributed by atoms with Crippen molar-refractivity contribution in [2.75, 3.05) is 0 Å². The van der Waals surface area contributed by atoms with E-state index in [0.29, 0.717) is 5.56 Å². The van der Waals surface area contributed by atoms with Crippen molar-refractivity contribution >= 4 is 5.97 Å². The maximum Gasteiger partial charge on any atom is 0.306 e. The van der Waals surface area contributed by atoms with Gasteiger partial charge in [0.1, 0.15) is 6.61 Å². The molecule has 0 aliphatic carbocycles. The summed E-state index contributed by atoms with van der Waals surface area (Å²) in [6.07, 6.45) is -2.17. The molecule has 0 aliphatic heterocycles. The molecule has 0 N–H and O–H groups in total. The Balaban J connectivity index is 1.92. The SMILES string of the molecule is [2H]C(C(=O)OCc1ccccc1)C([2H])c1ccccc1. The zero-order valence-electron chi connectivity index (χ0n) is 12.0. The number of aryl methyl sites for hydroxylation is 1. The second kappa shape index (κ2) is 6.60. The van der Waals surface area contributed by atoms with Crippen LogP contribution in [0, 0.1) is 0 Å². The molecule has 0 aliphatic rings. The molecule has 0 spiro atoms. The zero-order chi connectivity index (χ0) is 14.4. The molecule has 2 unspecified atom stereocenters. The van der Waals surface area contributed by atoms with Gasteiger partial charge in [-0.05, 0) is 17.5 Å². The highest BCUT2D eigenvalue weighted by Gasteiger charge is 2.03. The van der Waals surface area contributed by atoms with Gasteiger partial charge in [-0.2, -0.15) is 0 Å². The number of ether oxygens (including phenoxy) is 1. The fourth-order valence-electron chi connectivity index (χ4n) is 1.51. The van der Waals surface area contributed by atoms with Crippen LogP contribution in [-0.4, -0.2) is 5.97 Å². The molecule has 18 heavy (non-hydrogen) atoms. The minimum absolute atomic E-state index is 0.135. The summed E-state index contributed by atoms with van der Waals surface area (Å²) in [4.78, 5) is 11.8. The van der Waals surface area contributed by atoms with Crippen LogP contribution in [0.5, 0.6) is 0 Å². The van der Waals surface area contributed by atoms with Gasteiger partial charge in [0.15, 0.2) is 0 Å². The molecule has 0 heterocycles. The van der Waals surface area contributed by atoms with Crippen molar-refractivity contribution in [3.05, 3.63) is 71.8 Å². The first-order valence-corrected chi connectivity index (χ1v) is 5.78. The molecule has 0 saturated carbocycles. The van der Waals surface area contributed by atoms with Gasteiger partial charge in [-0.15, -0.1) is 0 Å². The molecule has 2 atom stereocenters. The summed E-state index contributed by atoms with van der Waals surface area (Å²) in [5.74, 6) is -0.669. The van der Waals surface area contributed by atoms with Crippen molar-refractivity contribution in [2.24, 2.45) is 0 Å². The van der Waals surface area contributed by atoms with Gasteiger partial charge in [-0.3, -0.25) is 4.79 Å². The molecule has 0 bridgehead atoms. The zero-order valence-corrected chi connectivity index (χ0v) is 9.95. The Labute approximate surface area is 110 Å². The number of hydrogen-bond acceptors (Lipinski definition) is 2. The molecule has 2 heteroatoms. The van der Waals surface area contributed by atoms with Gasteiger partial charge in [0.25, 0.3) is 0 Å². The van der Waals surface area contributed by atoms with Crippen LogP contribution >= 0.6 is 0 Å². The van der Waals surface area contributed by atoms with E-state index in [2.05, 4.69) is 0 Å². The topological polar surface area (TPSA) is 26.3 Å². The lowest BCUT2D eigenvalue weighted by molar-refractivity contribution is -0.144. The van der Waals surface area contributed by atoms with Crippen molar-refractivity contribution in [1.82, 2.24) is 0 Å². The lowest BCUT2D eigenvalue weighted by Crippen LogP contribution is -2.05. The Bertz CT molecular complexity index is 543. The molecule has 2 rings (SSSR count). The molecule has 0 fully saturated rings. The summed E-state index contributed by atoms with van der Waals surface area (Å²) in [7, 11) is 0. The van der Waals surface area contributed by atoms with Gasteiger partial charge >= 0.3 is 5.97 Å². The van der Waals surface area contributed by atoms with Crippen LogP contribution in [0.4, 0.5) is 0 Å². The highest BCUT2D eigenvalue weighted by Crippen LogP contribution is 2.05. The fraction of sp³-hybridized carbons (Fsp3) is 0.188. The fourth-order valence-corrected chi connectivity index (χ4v) is 1.51. The highest BCUT2D eigenvalue weighted by molar-refractivity contribution is 5.69. The molecule has 2 nitrogen and oxygen atoms in total. The number of carbonyl (C=O) groups excluding carboxylic acids is 1. The predicted octanol–water partition coefficient (Wildman–Crippen LogP) is 3.36. The summed E-state index contributed by atoms with van der Waals surface area (Å²) < 4.78 is 20.9. The average Bonchev–Trinajstić information content (AvgIpc) is 2.53. The van der Waals surface area contributed by atoms with Gasteiger partial charge in [-0.25, -0.2) is 0 Å². The van der Waals surface area contributed by atoms with Gasteiger partial charge in [0.2, 0.25) is 0 Å². The summed E-state index contributed by atoms with van der Waals surface area (Å²) in [6, 6.07) is 18.2. The van der Waals surface area contributed by atoms with Crippen LogP contribution in [0.15, 0.2) is 60.7 Å². The van der Waals surface area contributed by atoms with Crippen LogP contribution in [0.1, 0.15) is 20.3 Å². The maximum atomic E-state index is 11.8. The third-order valence-corrected chi connectivity index (χ3v) is 2.44. The minimum atomic E-state index is -1.24. The highest BCUT2D eigenvalue weighted by atomic mass is 16.5. The molecule has 0 radical (unpaired) electrons. The van der Waals surface area contributed by atoms with E-state index in [1.807, 2.05) is 36.4 Å². The van der Waals surface area contributed by atoms with E-state index < -0.39 is 18.8 Å². The first kappa shape index (κ1) is 9.89. The van der Waals surface area contributed by atoms with Gasteiger partial charge in [-0.1, -0.05) is 60.7 Å². The minimum Gasteiger partial charge on any atom is -0.461 e. The van der Waals surface area contributed by atoms with Crippen molar-refractivity contribution in [1.29, 1.82) is 0 Å². The van der Waals surface area contributed by atoms with Crippen molar-refractivity contribution in [2.45, 2.75) is 19.4 Å². The molecule has 0 saturated heterocycles. The number of carbonyl (C=O) groups is 1. The number of benzene rings is 2. The summed E-state index contributed by atoms with van der Waals surface area (Å²) in [6.45, 7) is 0.135. The molecular formula is C16H16O2. The van der Waals surface area contributed by atoms with Crippen LogP contribution in [0.3, 0.4) is 0 Å². The Kier molecular flexibility index (Phi) is 3.63. The number of hydrogen-bond donors (Lipinski definition) is 0. The van der Waals surface area contributed by atoms with E-state index in [1.54, 1.807) is 24.3 Å². The van der Waals surface area contributed by atoms with E-state index >= 15 is 0 Å². The van der Waals surface area contributed by atoms with Crippen LogP contribution < -0.4 is 0 Å². The first-order chi connectivity index (χ1) is 9.68. The average molecular weight is 242 g/mol. The number of rotatable bonds is 5. The molecule has 0 aromatic heterocycles. The third kappa shape index (κ3) is 4.06. The van der Waals surface area contributed by atoms with Crippen molar-refractivity contribution < 1.29 is 12.3 Å². The maximum absolute atomic E-state index is 11.8. The molecule has 92 valence electrons. The lowest BCUT2D eigenvalue weighted by atomic mass is 10.1. The van der Waals surface area contributed by atoms with E-state index in [-0.39, 0.29) is 6.61 Å². The Morgan fingerprint density at radius 3 is 2.11 bits per heavy atom. The van der Waals surface area contributed by atoms with E-state index in [0.717, 1.165) is 5.56 Å². The largest absolute Gasteiger partial charge is 0.461 e. The number of esters is 1. The Hall–Kier alpha value is -2.09. The Morgan fingerprint density at radius 1 is 0.944 bits per heavy atom. The Morgan fingerprint density at radius 2 is 1.50 bits per heavy atom. The molecular weight excluding hydrogens is 224 g/mol. The summed E-state index contributed by atoms with van der Waals surface area (Å²) in [5, 5.41) is 0. The van der Waals surface area contributed by atoms with Crippen LogP contribution in [0.2, 0.25) is 0 Å². The summed E-state index contributed by atoms with van der Waals surface area (Å²) >= 11 is 0. The summed E-state index contributed by atoms with van der Waals surface area (Å²) in [5.41, 5.74) is 1.51. The van der Waals surface area contributed by atoms with Gasteiger partial charge < -0.3 is 4.74 Å². The van der Waals surface area contributed by atoms with E-state index in [9.17, 15) is 4.79 Å². The van der Waals surface area contributed by atoms with Crippen molar-refractivity contribution in [3.8, 4) is 0 Å². The first-order valence-electron chi connectivity index (χ1n) is 6.94. The lowest BCUT2D eigenvalue weighted by Gasteiger charge is -2.05. The normalized spacial score (nSPS) is 15.1. The monoisotopic (exact) mass is 242 g/mol. The van der Waals surface area contributed by atoms with Crippen LogP contribution in [0.25, 0.3) is 0 Å². The quantitative estimate of drug-likeness (QED) is 0.751. The second-order valence-corrected chi connectivity index (χ2v) is 3.84. The molecule has 0 amide bonds. The smallest absolute Gasteiger partial charge is 0.306 e. The van der Waals surface area contributed by atoms with Crippen molar-refractivity contribution in [3.63, 3.8) is 0 Å². The van der Waals surface area contributed by atoms with Crippen LogP contribution in [-0.2, 0) is 22.5 Å². The predicted molar refractivity (Wildman–Crippen MR) is 71.0 cm³/mol. The molecule has 2 aromatic rings. The van der Waals surface area contributed by atoms with E-state index in [4.69, 9.17) is 7.48 Å². The van der Waals surface area contributed by atoms with Gasteiger partial charge in [0.05, 0.1) is 0 Å². The molecule has 2 aromatic carbocycles. The standard InChI is InChI=1S/C16H16O2/c17-16(12-11-14-7-3-1-4-8-14)18-13-15-9-5-2-6-10-15/h1-10H,11-13H2/i11D,12D. The van der Waals surface area contributed by atoms with E-state index in [1.165, 1.54) is 0 Å².